The zero-order valence-corrected chi connectivity index (χ0v) is 11.8. The van der Waals surface area contributed by atoms with Gasteiger partial charge in [0.25, 0.3) is 5.91 Å². The molecule has 0 fully saturated rings. The van der Waals surface area contributed by atoms with Crippen LogP contribution in [0.3, 0.4) is 0 Å². The number of aromatic nitrogens is 1. The number of amides is 1. The molecule has 0 bridgehead atoms. The van der Waals surface area contributed by atoms with E-state index in [0.717, 1.165) is 12.1 Å². The third-order valence-electron chi connectivity index (χ3n) is 3.10. The molecule has 0 radical (unpaired) electrons. The number of nitrogens with one attached hydrogen (secondary N) is 1. The SMILES string of the molecule is CC(Nc1nc(C(F)(F)F)ccc1C(N)=O)C(C)(C)C. The van der Waals surface area contributed by atoms with Gasteiger partial charge in [0.2, 0.25) is 0 Å². The average molecular weight is 289 g/mol. The van der Waals surface area contributed by atoms with Crippen molar-refractivity contribution in [1.82, 2.24) is 4.98 Å². The summed E-state index contributed by atoms with van der Waals surface area (Å²) in [6.07, 6.45) is -4.57. The minimum absolute atomic E-state index is 0.0610. The molecule has 0 aliphatic carbocycles. The van der Waals surface area contributed by atoms with Crippen LogP contribution in [0.5, 0.6) is 0 Å². The second kappa shape index (κ2) is 5.30. The Morgan fingerprint density at radius 3 is 2.25 bits per heavy atom. The van der Waals surface area contributed by atoms with Crippen LogP contribution >= 0.6 is 0 Å². The molecule has 1 heterocycles. The fraction of sp³-hybridized carbons (Fsp3) is 0.538. The highest BCUT2D eigenvalue weighted by Gasteiger charge is 2.34. The van der Waals surface area contributed by atoms with Crippen molar-refractivity contribution in [3.05, 3.63) is 23.4 Å². The number of rotatable bonds is 3. The standard InChI is InChI=1S/C13H18F3N3O/c1-7(12(2,3)4)18-11-8(10(17)20)5-6-9(19-11)13(14,15)16/h5-7H,1-4H3,(H2,17,20)(H,18,19). The van der Waals surface area contributed by atoms with Crippen molar-refractivity contribution in [1.29, 1.82) is 0 Å². The number of carbonyl (C=O) groups is 1. The number of nitrogens with zero attached hydrogens (tertiary/aromatic N) is 1. The van der Waals surface area contributed by atoms with E-state index in [1.807, 2.05) is 20.8 Å². The Bertz CT molecular complexity index is 507. The van der Waals surface area contributed by atoms with Gasteiger partial charge in [-0.15, -0.1) is 0 Å². The predicted molar refractivity (Wildman–Crippen MR) is 70.3 cm³/mol. The molecule has 4 nitrogen and oxygen atoms in total. The number of pyridine rings is 1. The average Bonchev–Trinajstić information content (AvgIpc) is 2.25. The summed E-state index contributed by atoms with van der Waals surface area (Å²) < 4.78 is 38.0. The largest absolute Gasteiger partial charge is 0.433 e. The van der Waals surface area contributed by atoms with Crippen LogP contribution < -0.4 is 11.1 Å². The monoisotopic (exact) mass is 289 g/mol. The number of carbonyl (C=O) groups excluding carboxylic acids is 1. The predicted octanol–water partition coefficient (Wildman–Crippen LogP) is 3.05. The summed E-state index contributed by atoms with van der Waals surface area (Å²) in [5, 5.41) is 2.83. The van der Waals surface area contributed by atoms with Gasteiger partial charge >= 0.3 is 6.18 Å². The Morgan fingerprint density at radius 2 is 1.85 bits per heavy atom. The number of halogens is 3. The molecule has 1 unspecified atom stereocenters. The Hall–Kier alpha value is -1.79. The van der Waals surface area contributed by atoms with Crippen LogP contribution in [0.2, 0.25) is 0 Å². The van der Waals surface area contributed by atoms with Crippen molar-refractivity contribution >= 4 is 11.7 Å². The third kappa shape index (κ3) is 3.85. The molecule has 1 aromatic rings. The fourth-order valence-corrected chi connectivity index (χ4v) is 1.35. The lowest BCUT2D eigenvalue weighted by Crippen LogP contribution is -2.32. The van der Waals surface area contributed by atoms with Gasteiger partial charge < -0.3 is 11.1 Å². The second-order valence-corrected chi connectivity index (χ2v) is 5.69. The van der Waals surface area contributed by atoms with Crippen LogP contribution in [-0.4, -0.2) is 16.9 Å². The highest BCUT2D eigenvalue weighted by molar-refractivity contribution is 5.97. The lowest BCUT2D eigenvalue weighted by molar-refractivity contribution is -0.141. The molecule has 20 heavy (non-hydrogen) atoms. The maximum absolute atomic E-state index is 12.7. The molecule has 7 heteroatoms. The van der Waals surface area contributed by atoms with E-state index < -0.39 is 17.8 Å². The van der Waals surface area contributed by atoms with Gasteiger partial charge in [-0.05, 0) is 24.5 Å². The summed E-state index contributed by atoms with van der Waals surface area (Å²) in [7, 11) is 0. The van der Waals surface area contributed by atoms with Gasteiger partial charge in [0.15, 0.2) is 0 Å². The summed E-state index contributed by atoms with van der Waals surface area (Å²) in [6.45, 7) is 7.55. The van der Waals surface area contributed by atoms with Gasteiger partial charge in [0, 0.05) is 6.04 Å². The fourth-order valence-electron chi connectivity index (χ4n) is 1.35. The maximum Gasteiger partial charge on any atom is 0.433 e. The molecule has 112 valence electrons. The van der Waals surface area contributed by atoms with E-state index in [1.165, 1.54) is 0 Å². The number of anilines is 1. The first kappa shape index (κ1) is 16.3. The topological polar surface area (TPSA) is 68.0 Å². The normalized spacial score (nSPS) is 13.9. The van der Waals surface area contributed by atoms with E-state index in [1.54, 1.807) is 6.92 Å². The first-order valence-electron chi connectivity index (χ1n) is 6.07. The molecule has 1 atom stereocenters. The van der Waals surface area contributed by atoms with Crippen LogP contribution in [0, 0.1) is 5.41 Å². The molecule has 3 N–H and O–H groups in total. The first-order valence-corrected chi connectivity index (χ1v) is 6.07. The van der Waals surface area contributed by atoms with Gasteiger partial charge in [0.05, 0.1) is 5.56 Å². The van der Waals surface area contributed by atoms with Crippen LogP contribution in [-0.2, 0) is 6.18 Å². The summed E-state index contributed by atoms with van der Waals surface area (Å²) in [5.41, 5.74) is 3.82. The summed E-state index contributed by atoms with van der Waals surface area (Å²) >= 11 is 0. The molecule has 0 aromatic carbocycles. The Kier molecular flexibility index (Phi) is 4.31. The van der Waals surface area contributed by atoms with Crippen molar-refractivity contribution in [2.24, 2.45) is 11.1 Å². The van der Waals surface area contributed by atoms with Crippen LogP contribution in [0.4, 0.5) is 19.0 Å². The van der Waals surface area contributed by atoms with Crippen LogP contribution in [0.25, 0.3) is 0 Å². The van der Waals surface area contributed by atoms with E-state index in [9.17, 15) is 18.0 Å². The van der Waals surface area contributed by atoms with Gasteiger partial charge in [0.1, 0.15) is 11.5 Å². The number of primary amides is 1. The van der Waals surface area contributed by atoms with Gasteiger partial charge in [-0.3, -0.25) is 4.79 Å². The van der Waals surface area contributed by atoms with Crippen molar-refractivity contribution in [3.8, 4) is 0 Å². The van der Waals surface area contributed by atoms with Gasteiger partial charge in [-0.1, -0.05) is 20.8 Å². The zero-order valence-electron chi connectivity index (χ0n) is 11.8. The number of alkyl halides is 3. The van der Waals surface area contributed by atoms with Crippen LogP contribution in [0.15, 0.2) is 12.1 Å². The Labute approximate surface area is 115 Å². The molecule has 0 spiro atoms. The molecular weight excluding hydrogens is 271 g/mol. The van der Waals surface area contributed by atoms with Crippen molar-refractivity contribution < 1.29 is 18.0 Å². The highest BCUT2D eigenvalue weighted by atomic mass is 19.4. The van der Waals surface area contributed by atoms with E-state index in [2.05, 4.69) is 10.3 Å². The lowest BCUT2D eigenvalue weighted by Gasteiger charge is -2.29. The summed E-state index contributed by atoms with van der Waals surface area (Å²) in [6, 6.07) is 1.58. The van der Waals surface area contributed by atoms with Gasteiger partial charge in [-0.25, -0.2) is 4.98 Å². The van der Waals surface area contributed by atoms with E-state index in [4.69, 9.17) is 5.73 Å². The van der Waals surface area contributed by atoms with E-state index in [0.29, 0.717) is 0 Å². The summed E-state index contributed by atoms with van der Waals surface area (Å²) in [5.74, 6) is -0.968. The second-order valence-electron chi connectivity index (χ2n) is 5.69. The molecule has 1 amide bonds. The Morgan fingerprint density at radius 1 is 1.30 bits per heavy atom. The minimum Gasteiger partial charge on any atom is -0.366 e. The molecule has 0 saturated carbocycles. The smallest absolute Gasteiger partial charge is 0.366 e. The third-order valence-corrected chi connectivity index (χ3v) is 3.10. The molecular formula is C13H18F3N3O. The zero-order chi connectivity index (χ0) is 15.7. The number of nitrogens with two attached hydrogens (primary N) is 1. The number of hydrogen-bond donors (Lipinski definition) is 2. The van der Waals surface area contributed by atoms with Crippen molar-refractivity contribution in [2.75, 3.05) is 5.32 Å². The maximum atomic E-state index is 12.7. The van der Waals surface area contributed by atoms with E-state index >= 15 is 0 Å². The Balaban J connectivity index is 3.23. The number of hydrogen-bond acceptors (Lipinski definition) is 3. The van der Waals surface area contributed by atoms with E-state index in [-0.39, 0.29) is 22.8 Å². The van der Waals surface area contributed by atoms with Gasteiger partial charge in [-0.2, -0.15) is 13.2 Å². The molecule has 0 aliphatic rings. The first-order chi connectivity index (χ1) is 8.93. The summed E-state index contributed by atoms with van der Waals surface area (Å²) in [4.78, 5) is 14.8. The molecule has 1 rings (SSSR count). The molecule has 0 saturated heterocycles. The van der Waals surface area contributed by atoms with Crippen molar-refractivity contribution in [2.45, 2.75) is 39.9 Å². The minimum atomic E-state index is -4.57. The highest BCUT2D eigenvalue weighted by Crippen LogP contribution is 2.30. The lowest BCUT2D eigenvalue weighted by atomic mass is 9.88. The van der Waals surface area contributed by atoms with Crippen molar-refractivity contribution in [3.63, 3.8) is 0 Å². The molecule has 1 aromatic heterocycles. The molecule has 0 aliphatic heterocycles. The quantitative estimate of drug-likeness (QED) is 0.898. The van der Waals surface area contributed by atoms with Crippen LogP contribution in [0.1, 0.15) is 43.7 Å².